The van der Waals surface area contributed by atoms with E-state index < -0.39 is 21.6 Å². The molecular formula is C28H41N3O6S. The number of nitrogens with one attached hydrogen (secondary N) is 1. The maximum absolute atomic E-state index is 13.6. The van der Waals surface area contributed by atoms with Crippen molar-refractivity contribution in [1.82, 2.24) is 10.2 Å². The lowest BCUT2D eigenvalue weighted by molar-refractivity contribution is -0.142. The number of anilines is 1. The van der Waals surface area contributed by atoms with Gasteiger partial charge in [-0.25, -0.2) is 8.42 Å². The first-order chi connectivity index (χ1) is 17.8. The highest BCUT2D eigenvalue weighted by Gasteiger charge is 2.30. The Balaban J connectivity index is 2.25. The molecule has 0 saturated heterocycles. The molecule has 0 saturated carbocycles. The molecule has 0 spiro atoms. The summed E-state index contributed by atoms with van der Waals surface area (Å²) in [7, 11) is -0.464. The summed E-state index contributed by atoms with van der Waals surface area (Å²) >= 11 is 0. The Morgan fingerprint density at radius 2 is 1.63 bits per heavy atom. The van der Waals surface area contributed by atoms with E-state index >= 15 is 0 Å². The van der Waals surface area contributed by atoms with Crippen molar-refractivity contribution in [1.29, 1.82) is 0 Å². The number of rotatable bonds is 13. The zero-order valence-electron chi connectivity index (χ0n) is 23.5. The van der Waals surface area contributed by atoms with Crippen LogP contribution in [0, 0.1) is 0 Å². The van der Waals surface area contributed by atoms with Gasteiger partial charge < -0.3 is 19.7 Å². The second-order valence-corrected chi connectivity index (χ2v) is 12.1. The molecule has 0 bridgehead atoms. The molecular weight excluding hydrogens is 506 g/mol. The fourth-order valence-electron chi connectivity index (χ4n) is 4.09. The van der Waals surface area contributed by atoms with Crippen LogP contribution in [0.4, 0.5) is 5.69 Å². The molecule has 0 aromatic heterocycles. The second kappa shape index (κ2) is 13.5. The SMILES string of the molecule is CC[C@H](C(=O)NC(C)(C)C)N(Cc1cccc(OC)c1)C(=O)CCCN(c1ccc(OC)cc1)S(C)(=O)=O. The Hall–Kier alpha value is -3.27. The summed E-state index contributed by atoms with van der Waals surface area (Å²) in [5, 5.41) is 2.98. The van der Waals surface area contributed by atoms with E-state index in [2.05, 4.69) is 5.32 Å². The monoisotopic (exact) mass is 547 g/mol. The van der Waals surface area contributed by atoms with Gasteiger partial charge in [0.05, 0.1) is 26.2 Å². The van der Waals surface area contributed by atoms with Gasteiger partial charge in [0.1, 0.15) is 17.5 Å². The predicted octanol–water partition coefficient (Wildman–Crippen LogP) is 3.97. The molecule has 10 heteroatoms. The van der Waals surface area contributed by atoms with Crippen LogP contribution in [0.3, 0.4) is 0 Å². The summed E-state index contributed by atoms with van der Waals surface area (Å²) in [6.07, 6.45) is 1.92. The third kappa shape index (κ3) is 9.24. The lowest BCUT2D eigenvalue weighted by Crippen LogP contribution is -2.53. The molecule has 0 unspecified atom stereocenters. The predicted molar refractivity (Wildman–Crippen MR) is 150 cm³/mol. The average Bonchev–Trinajstić information content (AvgIpc) is 2.84. The van der Waals surface area contributed by atoms with Crippen molar-refractivity contribution in [3.63, 3.8) is 0 Å². The largest absolute Gasteiger partial charge is 0.497 e. The van der Waals surface area contributed by atoms with Crippen molar-refractivity contribution >= 4 is 27.5 Å². The minimum absolute atomic E-state index is 0.0748. The molecule has 2 amide bonds. The highest BCUT2D eigenvalue weighted by molar-refractivity contribution is 7.92. The van der Waals surface area contributed by atoms with Crippen molar-refractivity contribution < 1.29 is 27.5 Å². The molecule has 2 rings (SSSR count). The molecule has 210 valence electrons. The fourth-order valence-corrected chi connectivity index (χ4v) is 5.06. The number of benzene rings is 2. The van der Waals surface area contributed by atoms with E-state index in [4.69, 9.17) is 9.47 Å². The normalized spacial score (nSPS) is 12.4. The molecule has 0 aliphatic heterocycles. The van der Waals surface area contributed by atoms with E-state index in [0.717, 1.165) is 11.8 Å². The van der Waals surface area contributed by atoms with Crippen LogP contribution in [0.2, 0.25) is 0 Å². The van der Waals surface area contributed by atoms with Crippen LogP contribution in [0.15, 0.2) is 48.5 Å². The van der Waals surface area contributed by atoms with E-state index in [0.29, 0.717) is 23.6 Å². The first-order valence-electron chi connectivity index (χ1n) is 12.6. The van der Waals surface area contributed by atoms with Crippen LogP contribution in [-0.2, 0) is 26.2 Å². The average molecular weight is 548 g/mol. The summed E-state index contributed by atoms with van der Waals surface area (Å²) < 4.78 is 36.8. The highest BCUT2D eigenvalue weighted by atomic mass is 32.2. The smallest absolute Gasteiger partial charge is 0.243 e. The van der Waals surface area contributed by atoms with E-state index in [1.807, 2.05) is 52.0 Å². The van der Waals surface area contributed by atoms with Crippen LogP contribution in [0.25, 0.3) is 0 Å². The van der Waals surface area contributed by atoms with Crippen LogP contribution >= 0.6 is 0 Å². The van der Waals surface area contributed by atoms with Gasteiger partial charge in [-0.15, -0.1) is 0 Å². The topological polar surface area (TPSA) is 105 Å². The van der Waals surface area contributed by atoms with Crippen molar-refractivity contribution in [2.45, 2.75) is 65.1 Å². The molecule has 0 heterocycles. The van der Waals surface area contributed by atoms with E-state index in [-0.39, 0.29) is 37.7 Å². The third-order valence-corrected chi connectivity index (χ3v) is 7.08. The molecule has 38 heavy (non-hydrogen) atoms. The number of amides is 2. The number of ether oxygens (including phenoxy) is 2. The lowest BCUT2D eigenvalue weighted by Gasteiger charge is -2.33. The molecule has 0 aliphatic rings. The van der Waals surface area contributed by atoms with Crippen molar-refractivity contribution in [2.24, 2.45) is 0 Å². The van der Waals surface area contributed by atoms with Gasteiger partial charge in [0.15, 0.2) is 0 Å². The summed E-state index contributed by atoms with van der Waals surface area (Å²) in [6.45, 7) is 7.89. The number of sulfonamides is 1. The molecule has 9 nitrogen and oxygen atoms in total. The van der Waals surface area contributed by atoms with Gasteiger partial charge in [0.25, 0.3) is 0 Å². The second-order valence-electron chi connectivity index (χ2n) is 10.2. The quantitative estimate of drug-likeness (QED) is 0.407. The van der Waals surface area contributed by atoms with Gasteiger partial charge in [-0.3, -0.25) is 13.9 Å². The summed E-state index contributed by atoms with van der Waals surface area (Å²) in [5.74, 6) is 0.814. The number of carbonyl (C=O) groups excluding carboxylic acids is 2. The summed E-state index contributed by atoms with van der Waals surface area (Å²) in [4.78, 5) is 28.3. The highest BCUT2D eigenvalue weighted by Crippen LogP contribution is 2.23. The zero-order valence-corrected chi connectivity index (χ0v) is 24.3. The summed E-state index contributed by atoms with van der Waals surface area (Å²) in [5.41, 5.74) is 0.865. The Kier molecular flexibility index (Phi) is 11.0. The molecule has 0 radical (unpaired) electrons. The molecule has 0 fully saturated rings. The van der Waals surface area contributed by atoms with Gasteiger partial charge in [-0.1, -0.05) is 19.1 Å². The van der Waals surface area contributed by atoms with Gasteiger partial charge in [-0.2, -0.15) is 0 Å². The maximum Gasteiger partial charge on any atom is 0.243 e. The number of nitrogens with zero attached hydrogens (tertiary/aromatic N) is 2. The lowest BCUT2D eigenvalue weighted by atomic mass is 10.0. The standard InChI is InChI=1S/C28H41N3O6S/c1-8-25(27(33)29-28(2,3)4)30(20-21-11-9-12-24(19-21)37-6)26(32)13-10-18-31(38(7,34)35)22-14-16-23(36-5)17-15-22/h9,11-12,14-17,19,25H,8,10,13,18,20H2,1-7H3,(H,29,33)/t25-/m1/s1. The molecule has 0 aliphatic carbocycles. The van der Waals surface area contributed by atoms with Gasteiger partial charge in [-0.05, 0) is 75.6 Å². The minimum Gasteiger partial charge on any atom is -0.497 e. The van der Waals surface area contributed by atoms with Crippen LogP contribution in [0.1, 0.15) is 52.5 Å². The van der Waals surface area contributed by atoms with Crippen molar-refractivity contribution in [2.75, 3.05) is 31.3 Å². The van der Waals surface area contributed by atoms with Gasteiger partial charge in [0.2, 0.25) is 21.8 Å². The number of methoxy groups -OCH3 is 2. The number of hydrogen-bond donors (Lipinski definition) is 1. The maximum atomic E-state index is 13.6. The van der Waals surface area contributed by atoms with Gasteiger partial charge in [0, 0.05) is 25.0 Å². The number of hydrogen-bond acceptors (Lipinski definition) is 6. The van der Waals surface area contributed by atoms with Crippen LogP contribution in [-0.4, -0.2) is 63.7 Å². The van der Waals surface area contributed by atoms with Crippen molar-refractivity contribution in [3.8, 4) is 11.5 Å². The fraction of sp³-hybridized carbons (Fsp3) is 0.500. The number of carbonyl (C=O) groups is 2. The molecule has 1 atom stereocenters. The minimum atomic E-state index is -3.58. The Labute approximate surface area is 227 Å². The van der Waals surface area contributed by atoms with Crippen molar-refractivity contribution in [3.05, 3.63) is 54.1 Å². The first-order valence-corrected chi connectivity index (χ1v) is 14.5. The van der Waals surface area contributed by atoms with E-state index in [1.54, 1.807) is 36.3 Å². The van der Waals surface area contributed by atoms with E-state index in [1.165, 1.54) is 11.4 Å². The Morgan fingerprint density at radius 3 is 2.16 bits per heavy atom. The van der Waals surface area contributed by atoms with E-state index in [9.17, 15) is 18.0 Å². The van der Waals surface area contributed by atoms with Gasteiger partial charge >= 0.3 is 0 Å². The molecule has 2 aromatic rings. The summed E-state index contributed by atoms with van der Waals surface area (Å²) in [6, 6.07) is 13.4. The third-order valence-electron chi connectivity index (χ3n) is 5.88. The first kappa shape index (κ1) is 31.0. The molecule has 1 N–H and O–H groups in total. The zero-order chi connectivity index (χ0) is 28.5. The Bertz CT molecular complexity index is 1180. The Morgan fingerprint density at radius 1 is 1.00 bits per heavy atom. The van der Waals surface area contributed by atoms with Crippen LogP contribution < -0.4 is 19.1 Å². The van der Waals surface area contributed by atoms with Crippen LogP contribution in [0.5, 0.6) is 11.5 Å². The molecule has 2 aromatic carbocycles.